The maximum Gasteiger partial charge on any atom is 0.511 e. The van der Waals surface area contributed by atoms with E-state index in [-0.39, 0.29) is 38.1 Å². The summed E-state index contributed by atoms with van der Waals surface area (Å²) in [7, 11) is -3.64. The van der Waals surface area contributed by atoms with E-state index >= 15 is 0 Å². The molecule has 12 heteroatoms. The summed E-state index contributed by atoms with van der Waals surface area (Å²) in [4.78, 5) is 4.10. The molecule has 0 aromatic heterocycles. The fourth-order valence-corrected chi connectivity index (χ4v) is 4.13. The fourth-order valence-electron chi connectivity index (χ4n) is 3.15. The van der Waals surface area contributed by atoms with Crippen LogP contribution in [0.2, 0.25) is 0 Å². The van der Waals surface area contributed by atoms with Gasteiger partial charge in [0.15, 0.2) is 5.96 Å². The lowest BCUT2D eigenvalue weighted by Crippen LogP contribution is -2.51. The smallest absolute Gasteiger partial charge is 0.381 e. The van der Waals surface area contributed by atoms with Gasteiger partial charge in [-0.15, -0.1) is 0 Å². The van der Waals surface area contributed by atoms with Crippen LogP contribution in [0.3, 0.4) is 0 Å². The lowest BCUT2D eigenvalue weighted by molar-refractivity contribution is -0.0495. The van der Waals surface area contributed by atoms with E-state index in [1.807, 2.05) is 0 Å². The maximum absolute atomic E-state index is 12.6. The molecule has 28 heavy (non-hydrogen) atoms. The summed E-state index contributed by atoms with van der Waals surface area (Å²) in [6.07, 6.45) is 3.44. The molecule has 0 bridgehead atoms. The minimum Gasteiger partial charge on any atom is -0.381 e. The number of ether oxygens (including phenoxy) is 2. The zero-order chi connectivity index (χ0) is 20.6. The van der Waals surface area contributed by atoms with E-state index in [4.69, 9.17) is 9.47 Å². The van der Waals surface area contributed by atoms with Crippen molar-refractivity contribution in [2.75, 3.05) is 46.5 Å². The van der Waals surface area contributed by atoms with Crippen LogP contribution in [0.5, 0.6) is 0 Å². The number of halogens is 3. The molecule has 164 valence electrons. The van der Waals surface area contributed by atoms with Crippen molar-refractivity contribution < 1.29 is 31.1 Å². The van der Waals surface area contributed by atoms with Gasteiger partial charge in [0.05, 0.1) is 6.10 Å². The number of rotatable bonds is 7. The molecular formula is C16H29F3N4O4S. The third-order valence-electron chi connectivity index (χ3n) is 4.79. The highest BCUT2D eigenvalue weighted by Crippen LogP contribution is 2.28. The zero-order valence-electron chi connectivity index (χ0n) is 16.0. The summed E-state index contributed by atoms with van der Waals surface area (Å²) in [5.74, 6) is 0.545. The van der Waals surface area contributed by atoms with Crippen molar-refractivity contribution >= 4 is 16.0 Å². The first-order chi connectivity index (χ1) is 13.2. The average Bonchev–Trinajstić information content (AvgIpc) is 2.67. The number of sulfonamides is 1. The summed E-state index contributed by atoms with van der Waals surface area (Å²) in [5, 5.41) is 6.28. The van der Waals surface area contributed by atoms with Gasteiger partial charge in [0.1, 0.15) is 0 Å². The quantitative estimate of drug-likeness (QED) is 0.356. The predicted molar refractivity (Wildman–Crippen MR) is 98.5 cm³/mol. The Morgan fingerprint density at radius 3 is 2.43 bits per heavy atom. The molecule has 0 aromatic rings. The van der Waals surface area contributed by atoms with Gasteiger partial charge in [-0.05, 0) is 32.1 Å². The van der Waals surface area contributed by atoms with Gasteiger partial charge in [0.25, 0.3) is 0 Å². The molecule has 2 rings (SSSR count). The van der Waals surface area contributed by atoms with Crippen LogP contribution in [-0.4, -0.2) is 82.8 Å². The van der Waals surface area contributed by atoms with E-state index < -0.39 is 15.5 Å². The van der Waals surface area contributed by atoms with Crippen molar-refractivity contribution in [3.8, 4) is 0 Å². The Labute approximate surface area is 163 Å². The minimum atomic E-state index is -5.25. The second-order valence-corrected chi connectivity index (χ2v) is 8.73. The van der Waals surface area contributed by atoms with Gasteiger partial charge in [-0.25, -0.2) is 8.42 Å². The molecule has 2 N–H and O–H groups in total. The van der Waals surface area contributed by atoms with Crippen LogP contribution in [0, 0.1) is 0 Å². The van der Waals surface area contributed by atoms with Gasteiger partial charge in [-0.2, -0.15) is 17.5 Å². The van der Waals surface area contributed by atoms with E-state index in [2.05, 4.69) is 15.6 Å². The molecular weight excluding hydrogens is 401 g/mol. The molecule has 0 atom stereocenters. The minimum absolute atomic E-state index is 0.135. The van der Waals surface area contributed by atoms with Gasteiger partial charge in [-0.1, -0.05) is 0 Å². The van der Waals surface area contributed by atoms with Gasteiger partial charge in [-0.3, -0.25) is 4.99 Å². The Bertz CT molecular complexity index is 602. The number of aliphatic imine (C=N–C) groups is 1. The van der Waals surface area contributed by atoms with Crippen molar-refractivity contribution in [2.45, 2.75) is 49.8 Å². The summed E-state index contributed by atoms with van der Waals surface area (Å²) in [6.45, 7) is 2.41. The third-order valence-corrected chi connectivity index (χ3v) is 6.42. The van der Waals surface area contributed by atoms with Crippen molar-refractivity contribution in [3.63, 3.8) is 0 Å². The Balaban J connectivity index is 1.64. The zero-order valence-corrected chi connectivity index (χ0v) is 16.8. The molecule has 2 aliphatic rings. The summed E-state index contributed by atoms with van der Waals surface area (Å²) in [5.41, 5.74) is -5.25. The number of hydrogen-bond donors (Lipinski definition) is 2. The Morgan fingerprint density at radius 2 is 1.86 bits per heavy atom. The Morgan fingerprint density at radius 1 is 1.21 bits per heavy atom. The van der Waals surface area contributed by atoms with E-state index in [0.29, 0.717) is 23.4 Å². The highest BCUT2D eigenvalue weighted by molar-refractivity contribution is 7.90. The molecule has 0 radical (unpaired) electrons. The number of piperidine rings is 1. The van der Waals surface area contributed by atoms with Crippen molar-refractivity contribution in [1.29, 1.82) is 0 Å². The number of alkyl halides is 3. The third kappa shape index (κ3) is 6.75. The first-order valence-electron chi connectivity index (χ1n) is 9.47. The molecule has 0 amide bonds. The fraction of sp³-hybridized carbons (Fsp3) is 0.938. The van der Waals surface area contributed by atoms with Crippen LogP contribution in [0.4, 0.5) is 13.2 Å². The van der Waals surface area contributed by atoms with Crippen LogP contribution in [-0.2, 0) is 19.5 Å². The van der Waals surface area contributed by atoms with E-state index in [1.165, 1.54) is 0 Å². The SMILES string of the molecule is CN=C(NCCCOC1CCOCC1)NC1CCN(S(=O)(=O)C(F)(F)F)CC1. The van der Waals surface area contributed by atoms with Gasteiger partial charge >= 0.3 is 15.5 Å². The van der Waals surface area contributed by atoms with E-state index in [1.54, 1.807) is 7.05 Å². The summed E-state index contributed by atoms with van der Waals surface area (Å²) >= 11 is 0. The lowest BCUT2D eigenvalue weighted by atomic mass is 10.1. The average molecular weight is 430 g/mol. The second-order valence-electron chi connectivity index (χ2n) is 6.80. The maximum atomic E-state index is 12.6. The monoisotopic (exact) mass is 430 g/mol. The van der Waals surface area contributed by atoms with Crippen LogP contribution >= 0.6 is 0 Å². The van der Waals surface area contributed by atoms with Gasteiger partial charge < -0.3 is 20.1 Å². The van der Waals surface area contributed by atoms with Crippen molar-refractivity contribution in [2.24, 2.45) is 4.99 Å². The Kier molecular flexibility index (Phi) is 8.78. The number of nitrogens with one attached hydrogen (secondary N) is 2. The highest BCUT2D eigenvalue weighted by atomic mass is 32.2. The van der Waals surface area contributed by atoms with E-state index in [0.717, 1.165) is 32.5 Å². The first kappa shape index (κ1) is 23.2. The number of hydrogen-bond acceptors (Lipinski definition) is 5. The highest BCUT2D eigenvalue weighted by Gasteiger charge is 2.50. The number of guanidine groups is 1. The van der Waals surface area contributed by atoms with E-state index in [9.17, 15) is 21.6 Å². The summed E-state index contributed by atoms with van der Waals surface area (Å²) < 4.78 is 72.3. The molecule has 0 aromatic carbocycles. The molecule has 2 saturated heterocycles. The van der Waals surface area contributed by atoms with Crippen LogP contribution in [0.1, 0.15) is 32.1 Å². The topological polar surface area (TPSA) is 92.3 Å². The standard InChI is InChI=1S/C16H29F3N4O4S/c1-20-15(21-7-2-10-27-14-5-11-26-12-6-14)22-13-3-8-23(9-4-13)28(24,25)16(17,18)19/h13-14H,2-12H2,1H3,(H2,20,21,22). The summed E-state index contributed by atoms with van der Waals surface area (Å²) in [6, 6.07) is -0.135. The normalized spacial score (nSPS) is 21.6. The second kappa shape index (κ2) is 10.6. The van der Waals surface area contributed by atoms with Gasteiger partial charge in [0.2, 0.25) is 0 Å². The van der Waals surface area contributed by atoms with Crippen molar-refractivity contribution in [1.82, 2.24) is 14.9 Å². The Hall–Kier alpha value is -1.11. The molecule has 2 fully saturated rings. The first-order valence-corrected chi connectivity index (χ1v) is 10.9. The largest absolute Gasteiger partial charge is 0.511 e. The molecule has 0 unspecified atom stereocenters. The van der Waals surface area contributed by atoms with Crippen LogP contribution in [0.25, 0.3) is 0 Å². The lowest BCUT2D eigenvalue weighted by Gasteiger charge is -2.32. The molecule has 0 saturated carbocycles. The van der Waals surface area contributed by atoms with Gasteiger partial charge in [0, 0.05) is 52.5 Å². The molecule has 2 aliphatic heterocycles. The van der Waals surface area contributed by atoms with Crippen LogP contribution in [0.15, 0.2) is 4.99 Å². The van der Waals surface area contributed by atoms with Crippen molar-refractivity contribution in [3.05, 3.63) is 0 Å². The number of nitrogens with zero attached hydrogens (tertiary/aromatic N) is 2. The molecule has 0 aliphatic carbocycles. The van der Waals surface area contributed by atoms with Crippen LogP contribution < -0.4 is 10.6 Å². The molecule has 8 nitrogen and oxygen atoms in total. The predicted octanol–water partition coefficient (Wildman–Crippen LogP) is 1.05. The molecule has 2 heterocycles. The molecule has 0 spiro atoms.